The van der Waals surface area contributed by atoms with E-state index < -0.39 is 0 Å². The van der Waals surface area contributed by atoms with Crippen LogP contribution in [-0.2, 0) is 7.05 Å². The molecule has 2 heterocycles. The number of ether oxygens (including phenoxy) is 1. The monoisotopic (exact) mass is 356 g/mol. The zero-order chi connectivity index (χ0) is 18.7. The van der Waals surface area contributed by atoms with Gasteiger partial charge in [-0.25, -0.2) is 4.68 Å². The van der Waals surface area contributed by atoms with Crippen molar-refractivity contribution in [3.05, 3.63) is 51.9 Å². The number of aromatic nitrogens is 2. The normalized spacial score (nSPS) is 16.6. The zero-order valence-electron chi connectivity index (χ0n) is 15.4. The lowest BCUT2D eigenvalue weighted by Crippen LogP contribution is -2.31. The van der Waals surface area contributed by atoms with Gasteiger partial charge in [0.1, 0.15) is 5.75 Å². The van der Waals surface area contributed by atoms with E-state index in [-0.39, 0.29) is 11.5 Å². The van der Waals surface area contributed by atoms with Crippen LogP contribution in [0.15, 0.2) is 35.3 Å². The molecule has 1 aromatic carbocycles. The molecular weight excluding hydrogens is 332 g/mol. The van der Waals surface area contributed by atoms with Gasteiger partial charge >= 0.3 is 0 Å². The molecule has 2 aromatic rings. The summed E-state index contributed by atoms with van der Waals surface area (Å²) in [6.07, 6.45) is 2.67. The minimum Gasteiger partial charge on any atom is -0.496 e. The van der Waals surface area contributed by atoms with E-state index in [1.165, 1.54) is 4.68 Å². The van der Waals surface area contributed by atoms with Gasteiger partial charge < -0.3 is 15.0 Å². The van der Waals surface area contributed by atoms with Crippen LogP contribution in [0.2, 0.25) is 0 Å². The Balaban J connectivity index is 1.59. The van der Waals surface area contributed by atoms with Crippen molar-refractivity contribution in [2.45, 2.75) is 13.3 Å². The highest BCUT2D eigenvalue weighted by atomic mass is 16.5. The van der Waals surface area contributed by atoms with Gasteiger partial charge in [0.25, 0.3) is 11.5 Å². The molecule has 26 heavy (non-hydrogen) atoms. The van der Waals surface area contributed by atoms with E-state index >= 15 is 0 Å². The summed E-state index contributed by atoms with van der Waals surface area (Å²) in [4.78, 5) is 26.4. The van der Waals surface area contributed by atoms with Crippen LogP contribution in [-0.4, -0.2) is 42.4 Å². The van der Waals surface area contributed by atoms with E-state index in [4.69, 9.17) is 4.74 Å². The van der Waals surface area contributed by atoms with E-state index in [9.17, 15) is 9.59 Å². The summed E-state index contributed by atoms with van der Waals surface area (Å²) in [6, 6.07) is 7.15. The maximum atomic E-state index is 12.5. The molecular formula is C19H24N4O3. The van der Waals surface area contributed by atoms with Crippen molar-refractivity contribution in [1.82, 2.24) is 15.1 Å². The van der Waals surface area contributed by atoms with Gasteiger partial charge in [-0.15, -0.1) is 0 Å². The number of para-hydroxylation sites is 1. The molecule has 0 radical (unpaired) electrons. The van der Waals surface area contributed by atoms with Crippen LogP contribution in [0.4, 0.5) is 5.69 Å². The van der Waals surface area contributed by atoms with Gasteiger partial charge in [-0.05, 0) is 30.9 Å². The van der Waals surface area contributed by atoms with Gasteiger partial charge in [0, 0.05) is 32.7 Å². The lowest BCUT2D eigenvalue weighted by Gasteiger charge is -2.18. The number of carbonyl (C=O) groups is 1. The average molecular weight is 356 g/mol. The number of nitrogens with zero attached hydrogens (tertiary/aromatic N) is 3. The van der Waals surface area contributed by atoms with Crippen molar-refractivity contribution in [2.75, 3.05) is 31.6 Å². The van der Waals surface area contributed by atoms with Gasteiger partial charge in [-0.2, -0.15) is 5.10 Å². The smallest absolute Gasteiger partial charge is 0.268 e. The van der Waals surface area contributed by atoms with Crippen LogP contribution in [0, 0.1) is 12.8 Å². The number of anilines is 1. The second-order valence-corrected chi connectivity index (χ2v) is 6.64. The van der Waals surface area contributed by atoms with Gasteiger partial charge in [0.15, 0.2) is 0 Å². The molecule has 138 valence electrons. The van der Waals surface area contributed by atoms with E-state index in [2.05, 4.69) is 15.3 Å². The summed E-state index contributed by atoms with van der Waals surface area (Å²) in [6.45, 7) is 4.15. The molecule has 1 fully saturated rings. The van der Waals surface area contributed by atoms with Crippen molar-refractivity contribution in [2.24, 2.45) is 13.0 Å². The van der Waals surface area contributed by atoms with Crippen molar-refractivity contribution in [3.8, 4) is 5.75 Å². The summed E-state index contributed by atoms with van der Waals surface area (Å²) < 4.78 is 6.67. The maximum absolute atomic E-state index is 12.5. The topological polar surface area (TPSA) is 76.5 Å². The summed E-state index contributed by atoms with van der Waals surface area (Å²) in [5.74, 6) is 0.822. The van der Waals surface area contributed by atoms with E-state index in [0.717, 1.165) is 30.8 Å². The van der Waals surface area contributed by atoms with Gasteiger partial charge in [0.05, 0.1) is 24.6 Å². The first kappa shape index (κ1) is 18.0. The second kappa shape index (κ2) is 7.59. The Labute approximate surface area is 152 Å². The third kappa shape index (κ3) is 3.71. The molecule has 7 heteroatoms. The Morgan fingerprint density at radius 1 is 1.42 bits per heavy atom. The number of hydrogen-bond donors (Lipinski definition) is 1. The first-order valence-electron chi connectivity index (χ1n) is 8.69. The average Bonchev–Trinajstić information content (AvgIpc) is 3.10. The number of rotatable bonds is 5. The molecule has 1 atom stereocenters. The van der Waals surface area contributed by atoms with Crippen LogP contribution >= 0.6 is 0 Å². The van der Waals surface area contributed by atoms with Crippen LogP contribution in [0.3, 0.4) is 0 Å². The lowest BCUT2D eigenvalue weighted by atomic mass is 10.1. The molecule has 1 aliphatic heterocycles. The largest absolute Gasteiger partial charge is 0.496 e. The fourth-order valence-electron chi connectivity index (χ4n) is 3.30. The molecule has 1 saturated heterocycles. The number of amides is 1. The Kier molecular flexibility index (Phi) is 5.25. The fourth-order valence-corrected chi connectivity index (χ4v) is 3.30. The molecule has 3 rings (SSSR count). The molecule has 0 bridgehead atoms. The van der Waals surface area contributed by atoms with Crippen molar-refractivity contribution >= 4 is 11.6 Å². The maximum Gasteiger partial charge on any atom is 0.268 e. The molecule has 0 spiro atoms. The summed E-state index contributed by atoms with van der Waals surface area (Å²) >= 11 is 0. The summed E-state index contributed by atoms with van der Waals surface area (Å²) in [7, 11) is 3.21. The van der Waals surface area contributed by atoms with Gasteiger partial charge in [-0.1, -0.05) is 12.1 Å². The molecule has 1 aromatic heterocycles. The highest BCUT2D eigenvalue weighted by Gasteiger charge is 2.24. The Bertz CT molecular complexity index is 862. The second-order valence-electron chi connectivity index (χ2n) is 6.64. The van der Waals surface area contributed by atoms with Crippen molar-refractivity contribution in [1.29, 1.82) is 0 Å². The van der Waals surface area contributed by atoms with Crippen LogP contribution in [0.5, 0.6) is 5.75 Å². The van der Waals surface area contributed by atoms with Crippen LogP contribution in [0.1, 0.15) is 22.3 Å². The Morgan fingerprint density at radius 3 is 2.96 bits per heavy atom. The van der Waals surface area contributed by atoms with Crippen LogP contribution in [0.25, 0.3) is 0 Å². The first-order chi connectivity index (χ1) is 12.5. The first-order valence-corrected chi connectivity index (χ1v) is 8.69. The van der Waals surface area contributed by atoms with E-state index in [1.807, 2.05) is 19.1 Å². The summed E-state index contributed by atoms with van der Waals surface area (Å²) in [5, 5.41) is 7.08. The predicted octanol–water partition coefficient (Wildman–Crippen LogP) is 1.35. The quantitative estimate of drug-likeness (QED) is 0.875. The predicted molar refractivity (Wildman–Crippen MR) is 99.9 cm³/mol. The SMILES string of the molecule is COc1c(C)cccc1C(=O)NCC1CCN(c2cnn(C)c(=O)c2)C1. The highest BCUT2D eigenvalue weighted by molar-refractivity contribution is 5.97. The Morgan fingerprint density at radius 2 is 2.23 bits per heavy atom. The highest BCUT2D eigenvalue weighted by Crippen LogP contribution is 2.24. The molecule has 0 saturated carbocycles. The zero-order valence-corrected chi connectivity index (χ0v) is 15.4. The number of benzene rings is 1. The lowest BCUT2D eigenvalue weighted by molar-refractivity contribution is 0.0945. The molecule has 1 unspecified atom stereocenters. The van der Waals surface area contributed by atoms with E-state index in [0.29, 0.717) is 23.8 Å². The van der Waals surface area contributed by atoms with Crippen LogP contribution < -0.4 is 20.5 Å². The Hall–Kier alpha value is -2.83. The molecule has 7 nitrogen and oxygen atoms in total. The van der Waals surface area contributed by atoms with Gasteiger partial charge in [-0.3, -0.25) is 9.59 Å². The van der Waals surface area contributed by atoms with Crippen molar-refractivity contribution < 1.29 is 9.53 Å². The number of nitrogens with one attached hydrogen (secondary N) is 1. The number of carbonyl (C=O) groups excluding carboxylic acids is 1. The summed E-state index contributed by atoms with van der Waals surface area (Å²) in [5.41, 5.74) is 2.21. The molecule has 1 aliphatic rings. The third-order valence-corrected chi connectivity index (χ3v) is 4.82. The standard InChI is InChI=1S/C19H24N4O3/c1-13-5-4-6-16(18(13)26-3)19(25)20-10-14-7-8-23(12-14)15-9-17(24)22(2)21-11-15/h4-6,9,11,14H,7-8,10,12H2,1-3H3,(H,20,25). The van der Waals surface area contributed by atoms with Crippen molar-refractivity contribution in [3.63, 3.8) is 0 Å². The molecule has 1 amide bonds. The van der Waals surface area contributed by atoms with E-state index in [1.54, 1.807) is 32.5 Å². The minimum atomic E-state index is -0.126. The number of methoxy groups -OCH3 is 1. The molecule has 1 N–H and O–H groups in total. The fraction of sp³-hybridized carbons (Fsp3) is 0.421. The molecule has 0 aliphatic carbocycles. The minimum absolute atomic E-state index is 0.120. The third-order valence-electron chi connectivity index (χ3n) is 4.82. The number of aryl methyl sites for hydroxylation is 2. The number of hydrogen-bond acceptors (Lipinski definition) is 5. The van der Waals surface area contributed by atoms with Gasteiger partial charge in [0.2, 0.25) is 0 Å².